The van der Waals surface area contributed by atoms with E-state index in [0.29, 0.717) is 19.5 Å². The molecule has 7 heteroatoms. The number of ether oxygens (including phenoxy) is 1. The highest BCUT2D eigenvalue weighted by Gasteiger charge is 2.32. The molecule has 0 saturated carbocycles. The molecule has 0 spiro atoms. The Hall–Kier alpha value is -2.12. The molecule has 1 aromatic rings. The van der Waals surface area contributed by atoms with Crippen LogP contribution in [0.3, 0.4) is 0 Å². The second kappa shape index (κ2) is 8.71. The van der Waals surface area contributed by atoms with Gasteiger partial charge in [0.2, 0.25) is 5.91 Å². The highest BCUT2D eigenvalue weighted by atomic mass is 16.5. The summed E-state index contributed by atoms with van der Waals surface area (Å²) in [6.45, 7) is 7.92. The van der Waals surface area contributed by atoms with Crippen LogP contribution in [0.1, 0.15) is 20.3 Å². The molecule has 1 unspecified atom stereocenters. The van der Waals surface area contributed by atoms with Gasteiger partial charge in [0.25, 0.3) is 0 Å². The first-order valence-electron chi connectivity index (χ1n) is 9.67. The van der Waals surface area contributed by atoms with E-state index in [4.69, 9.17) is 4.74 Å². The Morgan fingerprint density at radius 2 is 1.85 bits per heavy atom. The monoisotopic (exact) mass is 374 g/mol. The van der Waals surface area contributed by atoms with Crippen LogP contribution in [0.2, 0.25) is 0 Å². The van der Waals surface area contributed by atoms with Gasteiger partial charge in [0, 0.05) is 51.9 Å². The molecule has 0 bridgehead atoms. The molecule has 3 amide bonds. The van der Waals surface area contributed by atoms with Gasteiger partial charge < -0.3 is 19.9 Å². The van der Waals surface area contributed by atoms with E-state index < -0.39 is 0 Å². The lowest BCUT2D eigenvalue weighted by atomic mass is 10.2. The molecule has 2 fully saturated rings. The number of amides is 3. The van der Waals surface area contributed by atoms with Gasteiger partial charge in [-0.1, -0.05) is 18.2 Å². The highest BCUT2D eigenvalue weighted by Crippen LogP contribution is 2.21. The minimum atomic E-state index is -0.156. The Bertz CT molecular complexity index is 644. The fraction of sp³-hybridized carbons (Fsp3) is 0.600. The number of rotatable bonds is 5. The Labute approximate surface area is 161 Å². The van der Waals surface area contributed by atoms with Crippen molar-refractivity contribution in [3.63, 3.8) is 0 Å². The summed E-state index contributed by atoms with van der Waals surface area (Å²) in [5.41, 5.74) is 0.878. The average Bonchev–Trinajstić information content (AvgIpc) is 2.99. The fourth-order valence-electron chi connectivity index (χ4n) is 3.81. The lowest BCUT2D eigenvalue weighted by molar-refractivity contribution is -0.117. The van der Waals surface area contributed by atoms with Crippen LogP contribution < -0.4 is 10.2 Å². The van der Waals surface area contributed by atoms with E-state index in [9.17, 15) is 9.59 Å². The number of likely N-dealkylation sites (N-methyl/N-ethyl adjacent to an activating group) is 1. The summed E-state index contributed by atoms with van der Waals surface area (Å²) >= 11 is 0. The summed E-state index contributed by atoms with van der Waals surface area (Å²) in [5, 5.41) is 3.00. The van der Waals surface area contributed by atoms with Gasteiger partial charge in [-0.3, -0.25) is 9.69 Å². The first-order valence-corrected chi connectivity index (χ1v) is 9.67. The second-order valence-electron chi connectivity index (χ2n) is 7.63. The molecule has 27 heavy (non-hydrogen) atoms. The molecule has 1 N–H and O–H groups in total. The summed E-state index contributed by atoms with van der Waals surface area (Å²) in [6.07, 6.45) is 0.787. The molecule has 2 aliphatic heterocycles. The smallest absolute Gasteiger partial charge is 0.317 e. The van der Waals surface area contributed by atoms with Crippen LogP contribution in [-0.2, 0) is 9.53 Å². The molecule has 0 aliphatic carbocycles. The summed E-state index contributed by atoms with van der Waals surface area (Å²) < 4.78 is 5.74. The maximum absolute atomic E-state index is 12.5. The maximum Gasteiger partial charge on any atom is 0.317 e. The third kappa shape index (κ3) is 5.20. The number of carbonyl (C=O) groups is 2. The van der Waals surface area contributed by atoms with Crippen molar-refractivity contribution in [3.8, 4) is 0 Å². The minimum Gasteiger partial charge on any atom is -0.373 e. The predicted octanol–water partition coefficient (Wildman–Crippen LogP) is 1.54. The molecular weight excluding hydrogens is 344 g/mol. The fourth-order valence-corrected chi connectivity index (χ4v) is 3.81. The van der Waals surface area contributed by atoms with E-state index in [2.05, 4.69) is 24.1 Å². The van der Waals surface area contributed by atoms with Crippen LogP contribution in [0.5, 0.6) is 0 Å². The summed E-state index contributed by atoms with van der Waals surface area (Å²) in [5.74, 6) is 0.0467. The largest absolute Gasteiger partial charge is 0.373 e. The number of carbonyl (C=O) groups excluding carboxylic acids is 2. The quantitative estimate of drug-likeness (QED) is 0.849. The normalized spacial score (nSPS) is 26.3. The molecule has 2 aliphatic rings. The first kappa shape index (κ1) is 19.6. The first-order chi connectivity index (χ1) is 12.9. The third-order valence-corrected chi connectivity index (χ3v) is 5.11. The summed E-state index contributed by atoms with van der Waals surface area (Å²) in [6, 6.07) is 9.30. The van der Waals surface area contributed by atoms with Crippen LogP contribution in [0.4, 0.5) is 10.5 Å². The Balaban J connectivity index is 1.45. The lowest BCUT2D eigenvalue weighted by Crippen LogP contribution is -2.50. The van der Waals surface area contributed by atoms with Crippen LogP contribution in [0, 0.1) is 0 Å². The van der Waals surface area contributed by atoms with Gasteiger partial charge >= 0.3 is 6.03 Å². The van der Waals surface area contributed by atoms with Crippen LogP contribution in [0.25, 0.3) is 0 Å². The van der Waals surface area contributed by atoms with Crippen LogP contribution >= 0.6 is 0 Å². The molecule has 0 aromatic heterocycles. The number of para-hydroxylation sites is 1. The number of nitrogens with one attached hydrogen (secondary N) is 1. The minimum absolute atomic E-state index is 0.0467. The Morgan fingerprint density at radius 3 is 2.52 bits per heavy atom. The van der Waals surface area contributed by atoms with Gasteiger partial charge in [0.05, 0.1) is 18.2 Å². The van der Waals surface area contributed by atoms with Crippen molar-refractivity contribution in [2.75, 3.05) is 44.7 Å². The third-order valence-electron chi connectivity index (χ3n) is 5.11. The molecule has 1 aromatic carbocycles. The molecule has 3 rings (SSSR count). The summed E-state index contributed by atoms with van der Waals surface area (Å²) in [7, 11) is 1.80. The Kier molecular flexibility index (Phi) is 6.34. The van der Waals surface area contributed by atoms with Gasteiger partial charge in [0.15, 0.2) is 0 Å². The van der Waals surface area contributed by atoms with E-state index in [1.807, 2.05) is 30.3 Å². The van der Waals surface area contributed by atoms with E-state index in [-0.39, 0.29) is 30.2 Å². The van der Waals surface area contributed by atoms with Gasteiger partial charge in [-0.15, -0.1) is 0 Å². The molecule has 3 atom stereocenters. The van der Waals surface area contributed by atoms with Crippen LogP contribution in [0.15, 0.2) is 30.3 Å². The zero-order valence-corrected chi connectivity index (χ0v) is 16.4. The lowest BCUT2D eigenvalue weighted by Gasteiger charge is -2.36. The van der Waals surface area contributed by atoms with Crippen molar-refractivity contribution < 1.29 is 14.3 Å². The molecule has 2 saturated heterocycles. The van der Waals surface area contributed by atoms with Gasteiger partial charge in [-0.25, -0.2) is 4.79 Å². The van der Waals surface area contributed by atoms with Crippen molar-refractivity contribution in [2.24, 2.45) is 0 Å². The maximum atomic E-state index is 12.5. The van der Waals surface area contributed by atoms with Crippen molar-refractivity contribution >= 4 is 17.6 Å². The van der Waals surface area contributed by atoms with Crippen LogP contribution in [-0.4, -0.2) is 79.8 Å². The predicted molar refractivity (Wildman–Crippen MR) is 105 cm³/mol. The zero-order valence-electron chi connectivity index (χ0n) is 16.4. The Morgan fingerprint density at radius 1 is 1.19 bits per heavy atom. The van der Waals surface area contributed by atoms with E-state index in [1.165, 1.54) is 0 Å². The van der Waals surface area contributed by atoms with Crippen molar-refractivity contribution in [1.82, 2.24) is 15.1 Å². The van der Waals surface area contributed by atoms with E-state index in [0.717, 1.165) is 25.3 Å². The van der Waals surface area contributed by atoms with E-state index >= 15 is 0 Å². The van der Waals surface area contributed by atoms with Crippen molar-refractivity contribution in [3.05, 3.63) is 30.3 Å². The SMILES string of the molecule is C[C@@H]1CN(CCN(C)C(=O)NC2CC(=O)N(c3ccccc3)C2)C[C@H](C)O1. The summed E-state index contributed by atoms with van der Waals surface area (Å²) in [4.78, 5) is 30.5. The number of morpholine rings is 1. The number of anilines is 1. The second-order valence-corrected chi connectivity index (χ2v) is 7.63. The van der Waals surface area contributed by atoms with Gasteiger partial charge in [0.1, 0.15) is 0 Å². The zero-order chi connectivity index (χ0) is 19.4. The number of hydrogen-bond donors (Lipinski definition) is 1. The number of nitrogens with zero attached hydrogens (tertiary/aromatic N) is 3. The molecule has 7 nitrogen and oxygen atoms in total. The van der Waals surface area contributed by atoms with Gasteiger partial charge in [-0.05, 0) is 26.0 Å². The topological polar surface area (TPSA) is 65.1 Å². The number of hydrogen-bond acceptors (Lipinski definition) is 4. The standard InChI is InChI=1S/C20H30N4O3/c1-15-12-23(13-16(2)27-15)10-9-22(3)20(26)21-17-11-19(25)24(14-17)18-7-5-4-6-8-18/h4-8,15-17H,9-14H2,1-3H3,(H,21,26)/t15-,16+,17?. The molecule has 0 radical (unpaired) electrons. The molecule has 2 heterocycles. The molecular formula is C20H30N4O3. The van der Waals surface area contributed by atoms with Crippen molar-refractivity contribution in [1.29, 1.82) is 0 Å². The van der Waals surface area contributed by atoms with E-state index in [1.54, 1.807) is 16.8 Å². The number of benzene rings is 1. The average molecular weight is 374 g/mol. The number of urea groups is 1. The van der Waals surface area contributed by atoms with Gasteiger partial charge in [-0.2, -0.15) is 0 Å². The van der Waals surface area contributed by atoms with Crippen molar-refractivity contribution in [2.45, 2.75) is 38.5 Å². The highest BCUT2D eigenvalue weighted by molar-refractivity contribution is 5.96. The molecule has 148 valence electrons.